The van der Waals surface area contributed by atoms with Crippen LogP contribution in [0, 0.1) is 0 Å². The first-order chi connectivity index (χ1) is 9.70. The van der Waals surface area contributed by atoms with E-state index in [4.69, 9.17) is 9.47 Å². The van der Waals surface area contributed by atoms with Gasteiger partial charge in [-0.1, -0.05) is 19.1 Å². The Morgan fingerprint density at radius 3 is 2.80 bits per heavy atom. The summed E-state index contributed by atoms with van der Waals surface area (Å²) in [5, 5.41) is 2.96. The van der Waals surface area contributed by atoms with Gasteiger partial charge in [0.05, 0.1) is 7.11 Å². The van der Waals surface area contributed by atoms with Crippen LogP contribution in [0.15, 0.2) is 24.3 Å². The zero-order chi connectivity index (χ0) is 14.4. The van der Waals surface area contributed by atoms with Gasteiger partial charge >= 0.3 is 0 Å². The van der Waals surface area contributed by atoms with E-state index in [1.807, 2.05) is 12.1 Å². The summed E-state index contributed by atoms with van der Waals surface area (Å²) < 4.78 is 10.5. The molecule has 4 heteroatoms. The number of methoxy groups -OCH3 is 1. The highest BCUT2D eigenvalue weighted by Gasteiger charge is 2.23. The van der Waals surface area contributed by atoms with Crippen LogP contribution >= 0.6 is 0 Å². The molecule has 1 N–H and O–H groups in total. The second-order valence-corrected chi connectivity index (χ2v) is 5.26. The van der Waals surface area contributed by atoms with Crippen LogP contribution in [-0.4, -0.2) is 32.3 Å². The van der Waals surface area contributed by atoms with E-state index >= 15 is 0 Å². The van der Waals surface area contributed by atoms with E-state index in [-0.39, 0.29) is 12.0 Å². The van der Waals surface area contributed by atoms with Gasteiger partial charge in [-0.25, -0.2) is 0 Å². The minimum atomic E-state index is -0.230. The third kappa shape index (κ3) is 3.97. The minimum absolute atomic E-state index is 0.0319. The largest absolute Gasteiger partial charge is 0.497 e. The molecule has 2 atom stereocenters. The zero-order valence-electron chi connectivity index (χ0n) is 12.2. The van der Waals surface area contributed by atoms with Crippen molar-refractivity contribution in [2.45, 2.75) is 38.2 Å². The summed E-state index contributed by atoms with van der Waals surface area (Å²) in [7, 11) is 1.67. The quantitative estimate of drug-likeness (QED) is 0.869. The van der Waals surface area contributed by atoms with Crippen LogP contribution in [0.2, 0.25) is 0 Å². The Labute approximate surface area is 120 Å². The predicted octanol–water partition coefficient (Wildman–Crippen LogP) is 2.48. The number of hydrogen-bond acceptors (Lipinski definition) is 3. The molecular formula is C16H23NO3. The molecular weight excluding hydrogens is 254 g/mol. The zero-order valence-corrected chi connectivity index (χ0v) is 12.2. The SMILES string of the molecule is COc1ccc([C@H](C)CCNC(=O)[C@@H]2CCCO2)cc1. The van der Waals surface area contributed by atoms with Crippen molar-refractivity contribution < 1.29 is 14.3 Å². The molecule has 0 bridgehead atoms. The Morgan fingerprint density at radius 2 is 2.20 bits per heavy atom. The summed E-state index contributed by atoms with van der Waals surface area (Å²) in [6.07, 6.45) is 2.52. The van der Waals surface area contributed by atoms with Crippen molar-refractivity contribution in [2.24, 2.45) is 0 Å². The average Bonchev–Trinajstić information content (AvgIpc) is 3.01. The van der Waals surface area contributed by atoms with Gasteiger partial charge in [0.1, 0.15) is 11.9 Å². The molecule has 110 valence electrons. The maximum Gasteiger partial charge on any atom is 0.249 e. The predicted molar refractivity (Wildman–Crippen MR) is 78.0 cm³/mol. The van der Waals surface area contributed by atoms with Gasteiger partial charge in [-0.05, 0) is 42.9 Å². The third-order valence-electron chi connectivity index (χ3n) is 3.78. The highest BCUT2D eigenvalue weighted by atomic mass is 16.5. The van der Waals surface area contributed by atoms with E-state index in [1.54, 1.807) is 7.11 Å². The number of carbonyl (C=O) groups excluding carboxylic acids is 1. The maximum atomic E-state index is 11.8. The topological polar surface area (TPSA) is 47.6 Å². The number of nitrogens with one attached hydrogen (secondary N) is 1. The fourth-order valence-corrected chi connectivity index (χ4v) is 2.41. The number of rotatable bonds is 6. The molecule has 0 spiro atoms. The van der Waals surface area contributed by atoms with Crippen molar-refractivity contribution in [3.63, 3.8) is 0 Å². The van der Waals surface area contributed by atoms with Gasteiger partial charge < -0.3 is 14.8 Å². The minimum Gasteiger partial charge on any atom is -0.497 e. The molecule has 0 saturated carbocycles. The summed E-state index contributed by atoms with van der Waals surface area (Å²) in [5.41, 5.74) is 1.26. The molecule has 0 aromatic heterocycles. The molecule has 20 heavy (non-hydrogen) atoms. The van der Waals surface area contributed by atoms with Gasteiger partial charge in [0.15, 0.2) is 0 Å². The fraction of sp³-hybridized carbons (Fsp3) is 0.562. The molecule has 2 rings (SSSR count). The number of benzene rings is 1. The Balaban J connectivity index is 1.73. The smallest absolute Gasteiger partial charge is 0.249 e. The summed E-state index contributed by atoms with van der Waals surface area (Å²) in [5.74, 6) is 1.31. The van der Waals surface area contributed by atoms with Crippen LogP contribution in [0.4, 0.5) is 0 Å². The molecule has 0 aliphatic carbocycles. The summed E-state index contributed by atoms with van der Waals surface area (Å²) >= 11 is 0. The van der Waals surface area contributed by atoms with E-state index in [2.05, 4.69) is 24.4 Å². The second-order valence-electron chi connectivity index (χ2n) is 5.26. The van der Waals surface area contributed by atoms with E-state index in [9.17, 15) is 4.79 Å². The number of hydrogen-bond donors (Lipinski definition) is 1. The number of amides is 1. The fourth-order valence-electron chi connectivity index (χ4n) is 2.41. The Morgan fingerprint density at radius 1 is 1.45 bits per heavy atom. The first-order valence-electron chi connectivity index (χ1n) is 7.24. The van der Waals surface area contributed by atoms with E-state index in [1.165, 1.54) is 5.56 Å². The Hall–Kier alpha value is -1.55. The van der Waals surface area contributed by atoms with Crippen LogP contribution in [0.3, 0.4) is 0 Å². The van der Waals surface area contributed by atoms with Crippen LogP contribution in [0.1, 0.15) is 37.7 Å². The van der Waals surface area contributed by atoms with Crippen LogP contribution in [-0.2, 0) is 9.53 Å². The third-order valence-corrected chi connectivity index (χ3v) is 3.78. The first-order valence-corrected chi connectivity index (χ1v) is 7.24. The lowest BCUT2D eigenvalue weighted by Gasteiger charge is -2.14. The van der Waals surface area contributed by atoms with Gasteiger partial charge in [-0.15, -0.1) is 0 Å². The highest BCUT2D eigenvalue weighted by molar-refractivity contribution is 5.80. The lowest BCUT2D eigenvalue weighted by Crippen LogP contribution is -2.35. The van der Waals surface area contributed by atoms with Gasteiger partial charge in [0.25, 0.3) is 0 Å². The Bertz CT molecular complexity index is 424. The van der Waals surface area contributed by atoms with Crippen molar-refractivity contribution in [1.82, 2.24) is 5.32 Å². The molecule has 1 amide bonds. The van der Waals surface area contributed by atoms with Crippen molar-refractivity contribution in [2.75, 3.05) is 20.3 Å². The maximum absolute atomic E-state index is 11.8. The standard InChI is InChI=1S/C16H23NO3/c1-12(13-5-7-14(19-2)8-6-13)9-10-17-16(18)15-4-3-11-20-15/h5-8,12,15H,3-4,9-11H2,1-2H3,(H,17,18)/t12-,15+/m1/s1. The van der Waals surface area contributed by atoms with Crippen molar-refractivity contribution in [3.8, 4) is 5.75 Å². The second kappa shape index (κ2) is 7.29. The molecule has 1 aromatic rings. The normalized spacial score (nSPS) is 19.6. The summed E-state index contributed by atoms with van der Waals surface area (Å²) in [6, 6.07) is 8.09. The number of ether oxygens (including phenoxy) is 2. The van der Waals surface area contributed by atoms with Gasteiger partial charge in [-0.3, -0.25) is 4.79 Å². The van der Waals surface area contributed by atoms with Gasteiger partial charge in [0.2, 0.25) is 5.91 Å². The van der Waals surface area contributed by atoms with Crippen molar-refractivity contribution >= 4 is 5.91 Å². The molecule has 1 aromatic carbocycles. The average molecular weight is 277 g/mol. The lowest BCUT2D eigenvalue weighted by molar-refractivity contribution is -0.130. The van der Waals surface area contributed by atoms with Gasteiger partial charge in [-0.2, -0.15) is 0 Å². The molecule has 4 nitrogen and oxygen atoms in total. The van der Waals surface area contributed by atoms with Gasteiger partial charge in [0, 0.05) is 13.2 Å². The molecule has 0 radical (unpaired) electrons. The van der Waals surface area contributed by atoms with Crippen LogP contribution in [0.25, 0.3) is 0 Å². The molecule has 1 heterocycles. The lowest BCUT2D eigenvalue weighted by atomic mass is 9.98. The van der Waals surface area contributed by atoms with Crippen molar-refractivity contribution in [3.05, 3.63) is 29.8 Å². The van der Waals surface area contributed by atoms with Crippen molar-refractivity contribution in [1.29, 1.82) is 0 Å². The molecule has 1 saturated heterocycles. The van der Waals surface area contributed by atoms with E-state index in [0.29, 0.717) is 19.1 Å². The number of carbonyl (C=O) groups is 1. The molecule has 0 unspecified atom stereocenters. The summed E-state index contributed by atoms with van der Waals surface area (Å²) in [4.78, 5) is 11.8. The first kappa shape index (κ1) is 14.9. The van der Waals surface area contributed by atoms with Crippen LogP contribution < -0.4 is 10.1 Å². The molecule has 1 fully saturated rings. The monoisotopic (exact) mass is 277 g/mol. The summed E-state index contributed by atoms with van der Waals surface area (Å²) in [6.45, 7) is 3.56. The Kier molecular flexibility index (Phi) is 5.41. The van der Waals surface area contributed by atoms with E-state index in [0.717, 1.165) is 25.0 Å². The van der Waals surface area contributed by atoms with Crippen LogP contribution in [0.5, 0.6) is 5.75 Å². The highest BCUT2D eigenvalue weighted by Crippen LogP contribution is 2.21. The molecule has 1 aliphatic heterocycles. The molecule has 1 aliphatic rings. The van der Waals surface area contributed by atoms with E-state index < -0.39 is 0 Å².